The van der Waals surface area contributed by atoms with Gasteiger partial charge in [0.05, 0.1) is 5.92 Å². The lowest BCUT2D eigenvalue weighted by Gasteiger charge is -2.16. The Kier molecular flexibility index (Phi) is 5.08. The van der Waals surface area contributed by atoms with Crippen molar-refractivity contribution in [2.24, 2.45) is 11.7 Å². The first-order valence-electron chi connectivity index (χ1n) is 5.90. The Labute approximate surface area is 105 Å². The highest BCUT2D eigenvalue weighted by Crippen LogP contribution is 2.18. The van der Waals surface area contributed by atoms with Gasteiger partial charge < -0.3 is 20.8 Å². The van der Waals surface area contributed by atoms with E-state index in [0.29, 0.717) is 25.8 Å². The van der Waals surface area contributed by atoms with Crippen molar-refractivity contribution >= 4 is 17.8 Å². The fourth-order valence-electron chi connectivity index (χ4n) is 1.94. The summed E-state index contributed by atoms with van der Waals surface area (Å²) in [7, 11) is 0. The minimum Gasteiger partial charge on any atom is -0.481 e. The first-order valence-corrected chi connectivity index (χ1v) is 5.90. The SMILES string of the molecule is NC(CCCCN1CC(C(=O)O)CC1=O)C(=O)O. The number of carbonyl (C=O) groups is 3. The van der Waals surface area contributed by atoms with Crippen LogP contribution in [0.2, 0.25) is 0 Å². The Morgan fingerprint density at radius 2 is 2.06 bits per heavy atom. The summed E-state index contributed by atoms with van der Waals surface area (Å²) >= 11 is 0. The number of unbranched alkanes of at least 4 members (excludes halogenated alkanes) is 1. The van der Waals surface area contributed by atoms with E-state index in [0.717, 1.165) is 0 Å². The van der Waals surface area contributed by atoms with Gasteiger partial charge in [-0.15, -0.1) is 0 Å². The van der Waals surface area contributed by atoms with E-state index >= 15 is 0 Å². The smallest absolute Gasteiger partial charge is 0.320 e. The van der Waals surface area contributed by atoms with E-state index in [4.69, 9.17) is 15.9 Å². The van der Waals surface area contributed by atoms with Crippen molar-refractivity contribution in [1.82, 2.24) is 4.90 Å². The number of carbonyl (C=O) groups excluding carboxylic acids is 1. The molecule has 1 saturated heterocycles. The number of likely N-dealkylation sites (tertiary alicyclic amines) is 1. The van der Waals surface area contributed by atoms with E-state index in [1.54, 1.807) is 0 Å². The largest absolute Gasteiger partial charge is 0.481 e. The van der Waals surface area contributed by atoms with E-state index in [9.17, 15) is 14.4 Å². The first-order chi connectivity index (χ1) is 8.41. The molecule has 0 spiro atoms. The van der Waals surface area contributed by atoms with Gasteiger partial charge in [-0.2, -0.15) is 0 Å². The molecule has 0 radical (unpaired) electrons. The Balaban J connectivity index is 2.22. The number of nitrogens with two attached hydrogens (primary N) is 1. The third kappa shape index (κ3) is 3.99. The normalized spacial score (nSPS) is 21.1. The summed E-state index contributed by atoms with van der Waals surface area (Å²) in [6.45, 7) is 0.716. The maximum absolute atomic E-state index is 11.5. The number of hydrogen-bond acceptors (Lipinski definition) is 4. The van der Waals surface area contributed by atoms with Crippen molar-refractivity contribution in [2.75, 3.05) is 13.1 Å². The van der Waals surface area contributed by atoms with Crippen LogP contribution in [-0.2, 0) is 14.4 Å². The van der Waals surface area contributed by atoms with Crippen molar-refractivity contribution in [3.05, 3.63) is 0 Å². The van der Waals surface area contributed by atoms with E-state index in [1.165, 1.54) is 4.90 Å². The molecule has 0 aliphatic carbocycles. The zero-order valence-electron chi connectivity index (χ0n) is 10.0. The van der Waals surface area contributed by atoms with Crippen LogP contribution in [0.4, 0.5) is 0 Å². The standard InChI is InChI=1S/C11H18N2O5/c12-8(11(17)18)3-1-2-4-13-6-7(10(15)16)5-9(13)14/h7-8H,1-6,12H2,(H,15,16)(H,17,18). The van der Waals surface area contributed by atoms with Crippen molar-refractivity contribution in [3.63, 3.8) is 0 Å². The highest BCUT2D eigenvalue weighted by atomic mass is 16.4. The average Bonchev–Trinajstić information content (AvgIpc) is 2.66. The van der Waals surface area contributed by atoms with E-state index in [-0.39, 0.29) is 18.9 Å². The molecule has 4 N–H and O–H groups in total. The zero-order valence-corrected chi connectivity index (χ0v) is 10.0. The second-order valence-electron chi connectivity index (χ2n) is 4.52. The summed E-state index contributed by atoms with van der Waals surface area (Å²) < 4.78 is 0. The Morgan fingerprint density at radius 3 is 2.56 bits per heavy atom. The molecule has 2 atom stereocenters. The quantitative estimate of drug-likeness (QED) is 0.529. The van der Waals surface area contributed by atoms with Crippen LogP contribution in [0.3, 0.4) is 0 Å². The van der Waals surface area contributed by atoms with Gasteiger partial charge in [0.2, 0.25) is 5.91 Å². The summed E-state index contributed by atoms with van der Waals surface area (Å²) in [5.74, 6) is -2.74. The van der Waals surface area contributed by atoms with E-state index in [1.807, 2.05) is 0 Å². The number of hydrogen-bond donors (Lipinski definition) is 3. The molecule has 0 aromatic rings. The fraction of sp³-hybridized carbons (Fsp3) is 0.727. The van der Waals surface area contributed by atoms with E-state index < -0.39 is 23.9 Å². The summed E-state index contributed by atoms with van der Waals surface area (Å²) in [6, 6.07) is -0.869. The number of rotatable bonds is 7. The van der Waals surface area contributed by atoms with Crippen molar-refractivity contribution in [2.45, 2.75) is 31.7 Å². The molecular weight excluding hydrogens is 240 g/mol. The molecule has 1 rings (SSSR count). The van der Waals surface area contributed by atoms with Crippen LogP contribution in [0.5, 0.6) is 0 Å². The van der Waals surface area contributed by atoms with Crippen LogP contribution >= 0.6 is 0 Å². The topological polar surface area (TPSA) is 121 Å². The average molecular weight is 258 g/mol. The lowest BCUT2D eigenvalue weighted by molar-refractivity contribution is -0.141. The monoisotopic (exact) mass is 258 g/mol. The molecule has 1 aliphatic rings. The minimum atomic E-state index is -1.03. The van der Waals surface area contributed by atoms with Crippen molar-refractivity contribution in [3.8, 4) is 0 Å². The van der Waals surface area contributed by atoms with Crippen LogP contribution in [0.25, 0.3) is 0 Å². The highest BCUT2D eigenvalue weighted by molar-refractivity contribution is 5.86. The lowest BCUT2D eigenvalue weighted by atomic mass is 10.1. The molecule has 2 unspecified atom stereocenters. The van der Waals surface area contributed by atoms with Gasteiger partial charge in [-0.25, -0.2) is 0 Å². The lowest BCUT2D eigenvalue weighted by Crippen LogP contribution is -2.31. The highest BCUT2D eigenvalue weighted by Gasteiger charge is 2.33. The molecule has 0 aromatic heterocycles. The molecule has 0 aromatic carbocycles. The van der Waals surface area contributed by atoms with Gasteiger partial charge in [0.1, 0.15) is 6.04 Å². The summed E-state index contributed by atoms with van der Waals surface area (Å²) in [5.41, 5.74) is 5.34. The van der Waals surface area contributed by atoms with Gasteiger partial charge in [-0.3, -0.25) is 14.4 Å². The Hall–Kier alpha value is -1.63. The number of aliphatic carboxylic acids is 2. The van der Waals surface area contributed by atoms with Gasteiger partial charge in [-0.05, 0) is 19.3 Å². The van der Waals surface area contributed by atoms with Gasteiger partial charge >= 0.3 is 11.9 Å². The van der Waals surface area contributed by atoms with Crippen LogP contribution in [0.1, 0.15) is 25.7 Å². The van der Waals surface area contributed by atoms with Crippen LogP contribution in [0, 0.1) is 5.92 Å². The predicted molar refractivity (Wildman–Crippen MR) is 61.8 cm³/mol. The molecule has 1 aliphatic heterocycles. The molecule has 0 saturated carbocycles. The maximum atomic E-state index is 11.5. The van der Waals surface area contributed by atoms with Gasteiger partial charge in [0.15, 0.2) is 0 Å². The summed E-state index contributed by atoms with van der Waals surface area (Å²) in [4.78, 5) is 34.2. The minimum absolute atomic E-state index is 0.0595. The predicted octanol–water partition coefficient (Wildman–Crippen LogP) is -0.498. The van der Waals surface area contributed by atoms with Crippen molar-refractivity contribution < 1.29 is 24.6 Å². The summed E-state index contributed by atoms with van der Waals surface area (Å²) in [6.07, 6.45) is 1.66. The molecule has 1 amide bonds. The van der Waals surface area contributed by atoms with E-state index in [2.05, 4.69) is 0 Å². The van der Waals surface area contributed by atoms with Crippen LogP contribution in [-0.4, -0.2) is 52.1 Å². The fourth-order valence-corrected chi connectivity index (χ4v) is 1.94. The summed E-state index contributed by atoms with van der Waals surface area (Å²) in [5, 5.41) is 17.4. The van der Waals surface area contributed by atoms with Gasteiger partial charge in [0, 0.05) is 19.5 Å². The zero-order chi connectivity index (χ0) is 13.7. The molecule has 7 heteroatoms. The second-order valence-corrected chi connectivity index (χ2v) is 4.52. The van der Waals surface area contributed by atoms with Gasteiger partial charge in [-0.1, -0.05) is 0 Å². The molecule has 0 bridgehead atoms. The molecular formula is C11H18N2O5. The Morgan fingerprint density at radius 1 is 1.39 bits per heavy atom. The van der Waals surface area contributed by atoms with Gasteiger partial charge in [0.25, 0.3) is 0 Å². The molecule has 7 nitrogen and oxygen atoms in total. The Bertz CT molecular complexity index is 344. The number of carboxylic acids is 2. The maximum Gasteiger partial charge on any atom is 0.320 e. The number of amides is 1. The second kappa shape index (κ2) is 6.34. The first kappa shape index (κ1) is 14.4. The third-order valence-corrected chi connectivity index (χ3v) is 3.07. The van der Waals surface area contributed by atoms with Crippen LogP contribution < -0.4 is 5.73 Å². The van der Waals surface area contributed by atoms with Crippen molar-refractivity contribution in [1.29, 1.82) is 0 Å². The molecule has 102 valence electrons. The number of nitrogens with zero attached hydrogens (tertiary/aromatic N) is 1. The third-order valence-electron chi connectivity index (χ3n) is 3.07. The molecule has 18 heavy (non-hydrogen) atoms. The number of carboxylic acid groups (broad SMARTS) is 2. The molecule has 1 heterocycles. The molecule has 1 fully saturated rings. The van der Waals surface area contributed by atoms with Crippen LogP contribution in [0.15, 0.2) is 0 Å².